The Balaban J connectivity index is 0.919. The summed E-state index contributed by atoms with van der Waals surface area (Å²) in [6.07, 6.45) is 2.94. The molecule has 4 aromatic heterocycles. The third kappa shape index (κ3) is 15.7. The Bertz CT molecular complexity index is 4870. The van der Waals surface area contributed by atoms with Crippen LogP contribution in [0.3, 0.4) is 0 Å². The number of nitrogens with zero attached hydrogens (tertiary/aromatic N) is 10. The summed E-state index contributed by atoms with van der Waals surface area (Å²) in [5.41, 5.74) is 6.66. The van der Waals surface area contributed by atoms with Crippen LogP contribution in [0.25, 0.3) is 22.3 Å². The van der Waals surface area contributed by atoms with Gasteiger partial charge >= 0.3 is 0 Å². The predicted octanol–water partition coefficient (Wildman–Crippen LogP) is 9.02. The predicted molar refractivity (Wildman–Crippen MR) is 390 cm³/mol. The maximum absolute atomic E-state index is 15.6. The standard InChI is InChI=1S/C76H94N12O13S2/c1-12-15-20-68-77-50(7)64(37-70(90)86-45-76(46-86)27-28-85(44-76)59-42-99-43-59)74(91)87(68)38-54-21-25-61(58(33-54)41-98-14-3)63-26-23-56(35-67(63)103(95,96)82-72-48(5)53(10)101-80-72)49(6)73-78-51(8)65(36-69(89)84-31-29-83(11)30-32-84)75(92)88(73)39-55-22-24-60(57(34-55)40-97-13-2)62-18-16-17-19-66(62)102(93,94)81-71-47(4)52(9)100-79-71/h16-19,21-26,33-35,49,59H,12-15,20,27-32,36-46H2,1-11H3,(H,79,81)(H,80,82). The minimum Gasteiger partial charge on any atom is -0.378 e. The summed E-state index contributed by atoms with van der Waals surface area (Å²) in [6, 6.07) is 23.3. The first-order chi connectivity index (χ1) is 49.3. The van der Waals surface area contributed by atoms with E-state index in [0.717, 1.165) is 51.1 Å². The van der Waals surface area contributed by atoms with Crippen molar-refractivity contribution in [2.75, 3.05) is 95.3 Å². The summed E-state index contributed by atoms with van der Waals surface area (Å²) in [7, 11) is -6.81. The number of piperazine rings is 1. The van der Waals surface area contributed by atoms with Gasteiger partial charge in [-0.1, -0.05) is 97.3 Å². The number of carbonyl (C=O) groups excluding carboxylic acids is 2. The van der Waals surface area contributed by atoms with Gasteiger partial charge in [0.1, 0.15) is 23.2 Å². The van der Waals surface area contributed by atoms with E-state index in [0.29, 0.717) is 155 Å². The molecule has 4 aromatic carbocycles. The average Bonchev–Trinajstić information content (AvgIpc) is 1.73. The van der Waals surface area contributed by atoms with Crippen molar-refractivity contribution in [2.24, 2.45) is 5.41 Å². The van der Waals surface area contributed by atoms with Gasteiger partial charge in [-0.05, 0) is 133 Å². The van der Waals surface area contributed by atoms with E-state index < -0.39 is 31.5 Å². The van der Waals surface area contributed by atoms with Crippen molar-refractivity contribution in [1.82, 2.24) is 49.0 Å². The fourth-order valence-electron chi connectivity index (χ4n) is 14.3. The number of aryl methyl sites for hydroxylation is 5. The fraction of sp³-hybridized carbons (Fsp3) is 0.474. The minimum absolute atomic E-state index is 0.000916. The summed E-state index contributed by atoms with van der Waals surface area (Å²) >= 11 is 0. The molecule has 12 rings (SSSR count). The molecule has 8 heterocycles. The third-order valence-electron chi connectivity index (χ3n) is 21.0. The lowest BCUT2D eigenvalue weighted by molar-refractivity contribution is -0.142. The first-order valence-electron chi connectivity index (χ1n) is 35.6. The lowest BCUT2D eigenvalue weighted by atomic mass is 9.78. The van der Waals surface area contributed by atoms with Crippen molar-refractivity contribution >= 4 is 43.5 Å². The zero-order chi connectivity index (χ0) is 73.2. The van der Waals surface area contributed by atoms with Gasteiger partial charge < -0.3 is 38.0 Å². The normalized spacial score (nSPS) is 16.1. The van der Waals surface area contributed by atoms with Gasteiger partial charge in [0.05, 0.1) is 68.2 Å². The highest BCUT2D eigenvalue weighted by Crippen LogP contribution is 2.42. The molecule has 548 valence electrons. The number of unbranched alkanes of at least 4 members (excludes halogenated alkanes) is 1. The van der Waals surface area contributed by atoms with Gasteiger partial charge in [0.25, 0.3) is 31.2 Å². The van der Waals surface area contributed by atoms with Crippen LogP contribution in [-0.2, 0) is 89.4 Å². The molecule has 1 spiro atoms. The molecular formula is C76H94N12O13S2. The Labute approximate surface area is 602 Å². The first kappa shape index (κ1) is 74.0. The van der Waals surface area contributed by atoms with Gasteiger partial charge in [-0.3, -0.25) is 42.7 Å². The molecule has 4 aliphatic rings. The van der Waals surface area contributed by atoms with Crippen LogP contribution in [0.4, 0.5) is 11.6 Å². The highest BCUT2D eigenvalue weighted by Gasteiger charge is 2.51. The van der Waals surface area contributed by atoms with Crippen molar-refractivity contribution in [2.45, 2.75) is 156 Å². The number of hydrogen-bond acceptors (Lipinski definition) is 19. The highest BCUT2D eigenvalue weighted by molar-refractivity contribution is 7.93. The van der Waals surface area contributed by atoms with Gasteiger partial charge in [-0.2, -0.15) is 0 Å². The number of likely N-dealkylation sites (tertiary alicyclic amines) is 2. The second-order valence-corrected chi connectivity index (χ2v) is 31.4. The van der Waals surface area contributed by atoms with Crippen LogP contribution in [-0.4, -0.2) is 170 Å². The Morgan fingerprint density at radius 3 is 1.72 bits per heavy atom. The molecule has 8 aromatic rings. The van der Waals surface area contributed by atoms with Gasteiger partial charge in [0.15, 0.2) is 11.6 Å². The van der Waals surface area contributed by atoms with E-state index in [1.54, 1.807) is 87.4 Å². The van der Waals surface area contributed by atoms with Crippen LogP contribution in [0.2, 0.25) is 0 Å². The number of anilines is 2. The number of likely N-dealkylation sites (N-methyl/N-ethyl adjacent to an activating group) is 1. The fourth-order valence-corrected chi connectivity index (χ4v) is 16.9. The number of aromatic nitrogens is 6. The van der Waals surface area contributed by atoms with E-state index >= 15 is 13.2 Å². The molecule has 103 heavy (non-hydrogen) atoms. The van der Waals surface area contributed by atoms with E-state index in [-0.39, 0.29) is 94.7 Å². The highest BCUT2D eigenvalue weighted by atomic mass is 32.2. The van der Waals surface area contributed by atoms with Crippen molar-refractivity contribution in [3.63, 3.8) is 0 Å². The minimum atomic E-state index is -4.57. The number of benzene rings is 4. The zero-order valence-corrected chi connectivity index (χ0v) is 62.4. The second kappa shape index (κ2) is 30.9. The van der Waals surface area contributed by atoms with Crippen molar-refractivity contribution in [3.05, 3.63) is 184 Å². The third-order valence-corrected chi connectivity index (χ3v) is 23.8. The lowest BCUT2D eigenvalue weighted by Gasteiger charge is -2.49. The maximum atomic E-state index is 15.6. The maximum Gasteiger partial charge on any atom is 0.263 e. The monoisotopic (exact) mass is 1450 g/mol. The molecule has 0 radical (unpaired) electrons. The summed E-state index contributed by atoms with van der Waals surface area (Å²) in [5.74, 6) is 0.743. The molecule has 25 nitrogen and oxygen atoms in total. The molecular weight excluding hydrogens is 1350 g/mol. The molecule has 27 heteroatoms. The molecule has 2 amide bonds. The number of hydrogen-bond donors (Lipinski definition) is 2. The number of nitrogens with one attached hydrogen (secondary N) is 2. The zero-order valence-electron chi connectivity index (χ0n) is 60.8. The van der Waals surface area contributed by atoms with Gasteiger partial charge in [0, 0.05) is 122 Å². The van der Waals surface area contributed by atoms with Crippen LogP contribution in [0.5, 0.6) is 0 Å². The molecule has 0 bridgehead atoms. The molecule has 0 aliphatic carbocycles. The number of rotatable bonds is 28. The quantitative estimate of drug-likeness (QED) is 0.0462. The van der Waals surface area contributed by atoms with Gasteiger partial charge in [-0.15, -0.1) is 0 Å². The van der Waals surface area contributed by atoms with Crippen molar-refractivity contribution < 1.29 is 49.7 Å². The Morgan fingerprint density at radius 1 is 0.631 bits per heavy atom. The van der Waals surface area contributed by atoms with E-state index in [1.165, 1.54) is 10.6 Å². The average molecular weight is 1450 g/mol. The first-order valence-corrected chi connectivity index (χ1v) is 38.6. The van der Waals surface area contributed by atoms with E-state index in [4.69, 9.17) is 33.2 Å². The number of ether oxygens (including phenoxy) is 3. The largest absolute Gasteiger partial charge is 0.378 e. The molecule has 1 unspecified atom stereocenters. The van der Waals surface area contributed by atoms with Crippen LogP contribution in [0, 0.1) is 47.0 Å². The molecule has 1 atom stereocenters. The van der Waals surface area contributed by atoms with Crippen molar-refractivity contribution in [1.29, 1.82) is 0 Å². The van der Waals surface area contributed by atoms with Crippen molar-refractivity contribution in [3.8, 4) is 22.3 Å². The number of sulfonamides is 2. The topological polar surface area (TPSA) is 289 Å². The Hall–Kier alpha value is -8.70. The molecule has 4 fully saturated rings. The summed E-state index contributed by atoms with van der Waals surface area (Å²) in [6.45, 7) is 25.9. The van der Waals surface area contributed by atoms with Crippen LogP contribution >= 0.6 is 0 Å². The molecule has 2 N–H and O–H groups in total. The van der Waals surface area contributed by atoms with E-state index in [9.17, 15) is 22.8 Å². The lowest BCUT2D eigenvalue weighted by Crippen LogP contribution is -2.61. The SMILES string of the molecule is CCCCc1nc(C)c(CC(=O)N2CC3(CCN(C4COC4)C3)C2)c(=O)n1Cc1ccc(-c2ccc(C(C)c3nc(C)c(CC(=O)N4CCN(C)CC4)c(=O)n3Cc3ccc(-c4ccccc4S(=O)(=O)Nc4noc(C)c4C)c(COCC)c3)cc2S(=O)(=O)Nc2noc(C)c2C)c(COCC)c1. The number of carbonyl (C=O) groups is 2. The number of amides is 2. The van der Waals surface area contributed by atoms with Gasteiger partial charge in [0.2, 0.25) is 11.8 Å². The molecule has 0 saturated carbocycles. The van der Waals surface area contributed by atoms with E-state index in [1.807, 2.05) is 69.1 Å². The summed E-state index contributed by atoms with van der Waals surface area (Å²) in [4.78, 5) is 77.1. The van der Waals surface area contributed by atoms with Crippen LogP contribution < -0.4 is 20.6 Å². The molecule has 4 saturated heterocycles. The van der Waals surface area contributed by atoms with Crippen LogP contribution in [0.15, 0.2) is 107 Å². The Morgan fingerprint density at radius 2 is 1.17 bits per heavy atom. The van der Waals surface area contributed by atoms with Gasteiger partial charge in [-0.25, -0.2) is 26.8 Å². The summed E-state index contributed by atoms with van der Waals surface area (Å²) < 4.78 is 96.3. The second-order valence-electron chi connectivity index (χ2n) is 28.1. The Kier molecular flexibility index (Phi) is 22.2. The van der Waals surface area contributed by atoms with E-state index in [2.05, 4.69) is 36.5 Å². The van der Waals surface area contributed by atoms with Crippen LogP contribution in [0.1, 0.15) is 138 Å². The summed E-state index contributed by atoms with van der Waals surface area (Å²) in [5, 5.41) is 8.04. The smallest absolute Gasteiger partial charge is 0.263 e. The molecule has 4 aliphatic heterocycles.